The van der Waals surface area contributed by atoms with E-state index in [4.69, 9.17) is 30.1 Å². The van der Waals surface area contributed by atoms with Crippen molar-refractivity contribution in [3.05, 3.63) is 35.2 Å². The number of ether oxygens (including phenoxy) is 2. The fourth-order valence-corrected chi connectivity index (χ4v) is 2.46. The number of nitrogens with zero attached hydrogens (tertiary/aromatic N) is 2. The number of carbonyl (C=O) groups is 1. The summed E-state index contributed by atoms with van der Waals surface area (Å²) in [6, 6.07) is 4.21. The summed E-state index contributed by atoms with van der Waals surface area (Å²) in [6.45, 7) is 1.75. The van der Waals surface area contributed by atoms with Crippen molar-refractivity contribution in [2.24, 2.45) is 0 Å². The highest BCUT2D eigenvalue weighted by Crippen LogP contribution is 2.36. The van der Waals surface area contributed by atoms with Gasteiger partial charge in [-0.3, -0.25) is 5.32 Å². The maximum Gasteiger partial charge on any atom is 0.325 e. The van der Waals surface area contributed by atoms with E-state index in [-0.39, 0.29) is 5.82 Å². The lowest BCUT2D eigenvalue weighted by atomic mass is 10.2. The number of amides is 2. The minimum absolute atomic E-state index is 0.189. The van der Waals surface area contributed by atoms with Gasteiger partial charge < -0.3 is 23.8 Å². The highest BCUT2D eigenvalue weighted by atomic mass is 35.5. The molecule has 0 bridgehead atoms. The summed E-state index contributed by atoms with van der Waals surface area (Å²) in [6.07, 6.45) is 1.36. The number of aryl methyl sites for hydroxylation is 1. The third-order valence-corrected chi connectivity index (χ3v) is 3.72. The van der Waals surface area contributed by atoms with Crippen molar-refractivity contribution >= 4 is 29.1 Å². The van der Waals surface area contributed by atoms with Gasteiger partial charge in [0.05, 0.1) is 30.5 Å². The summed E-state index contributed by atoms with van der Waals surface area (Å²) in [5.41, 5.74) is 1.33. The zero-order chi connectivity index (χ0) is 18.7. The molecule has 2 N–H and O–H groups in total. The fraction of sp³-hybridized carbons (Fsp3) is 0.188. The molecule has 0 spiro atoms. The van der Waals surface area contributed by atoms with Crippen molar-refractivity contribution in [2.75, 3.05) is 24.9 Å². The molecule has 0 fully saturated rings. The molecular formula is C16H15ClN4O5. The second kappa shape index (κ2) is 7.36. The van der Waals surface area contributed by atoms with Gasteiger partial charge in [0.25, 0.3) is 0 Å². The SMILES string of the molecule is COc1cc(OC)c(NC(=O)Nc2nocc2-c2cc(C)on2)cc1Cl. The second-order valence-corrected chi connectivity index (χ2v) is 5.57. The Morgan fingerprint density at radius 3 is 2.54 bits per heavy atom. The Balaban J connectivity index is 1.78. The number of nitrogens with one attached hydrogen (secondary N) is 2. The van der Waals surface area contributed by atoms with E-state index in [1.165, 1.54) is 26.5 Å². The Hall–Kier alpha value is -3.20. The van der Waals surface area contributed by atoms with Gasteiger partial charge in [0.2, 0.25) is 0 Å². The van der Waals surface area contributed by atoms with E-state index in [9.17, 15) is 4.79 Å². The predicted octanol–water partition coefficient (Wildman–Crippen LogP) is 3.95. The van der Waals surface area contributed by atoms with Crippen LogP contribution in [0.5, 0.6) is 11.5 Å². The number of methoxy groups -OCH3 is 2. The Morgan fingerprint density at radius 2 is 1.88 bits per heavy atom. The topological polar surface area (TPSA) is 112 Å². The molecule has 3 aromatic rings. The van der Waals surface area contributed by atoms with E-state index < -0.39 is 6.03 Å². The first-order valence-electron chi connectivity index (χ1n) is 7.39. The Morgan fingerprint density at radius 1 is 1.12 bits per heavy atom. The molecule has 0 aliphatic carbocycles. The van der Waals surface area contributed by atoms with Crippen LogP contribution in [0.15, 0.2) is 33.5 Å². The van der Waals surface area contributed by atoms with Crippen LogP contribution in [0.1, 0.15) is 5.76 Å². The number of anilines is 2. The average molecular weight is 379 g/mol. The molecule has 2 heterocycles. The molecule has 2 aromatic heterocycles. The Bertz CT molecular complexity index is 937. The Labute approximate surface area is 153 Å². The van der Waals surface area contributed by atoms with Crippen molar-refractivity contribution in [1.29, 1.82) is 0 Å². The zero-order valence-electron chi connectivity index (χ0n) is 14.1. The number of hydrogen-bond donors (Lipinski definition) is 2. The van der Waals surface area contributed by atoms with Crippen molar-refractivity contribution in [2.45, 2.75) is 6.92 Å². The van der Waals surface area contributed by atoms with Crippen molar-refractivity contribution in [3.8, 4) is 22.8 Å². The van der Waals surface area contributed by atoms with Gasteiger partial charge in [0.15, 0.2) is 5.82 Å². The third-order valence-electron chi connectivity index (χ3n) is 3.43. The minimum Gasteiger partial charge on any atom is -0.495 e. The second-order valence-electron chi connectivity index (χ2n) is 5.17. The molecule has 0 saturated heterocycles. The first kappa shape index (κ1) is 17.6. The number of hydrogen-bond acceptors (Lipinski definition) is 7. The normalized spacial score (nSPS) is 10.5. The molecule has 0 aliphatic rings. The van der Waals surface area contributed by atoms with E-state index in [2.05, 4.69) is 20.9 Å². The molecule has 26 heavy (non-hydrogen) atoms. The molecule has 0 aliphatic heterocycles. The number of benzene rings is 1. The molecule has 3 rings (SSSR count). The molecular weight excluding hydrogens is 364 g/mol. The zero-order valence-corrected chi connectivity index (χ0v) is 14.9. The van der Waals surface area contributed by atoms with Gasteiger partial charge in [-0.25, -0.2) is 4.79 Å². The Kier molecular flexibility index (Phi) is 4.99. The van der Waals surface area contributed by atoms with Crippen LogP contribution in [-0.2, 0) is 0 Å². The van der Waals surface area contributed by atoms with E-state index in [0.29, 0.717) is 39.2 Å². The van der Waals surface area contributed by atoms with E-state index in [1.54, 1.807) is 19.1 Å². The van der Waals surface area contributed by atoms with Crippen LogP contribution in [-0.4, -0.2) is 30.6 Å². The summed E-state index contributed by atoms with van der Waals surface area (Å²) in [4.78, 5) is 12.3. The lowest BCUT2D eigenvalue weighted by Crippen LogP contribution is -2.20. The van der Waals surface area contributed by atoms with Crippen LogP contribution in [0.4, 0.5) is 16.3 Å². The van der Waals surface area contributed by atoms with Crippen LogP contribution in [0.3, 0.4) is 0 Å². The average Bonchev–Trinajstić information content (AvgIpc) is 3.23. The standard InChI is InChI=1S/C16H15ClN4O5/c1-8-4-11(20-26-8)9-7-25-21-15(9)19-16(22)18-12-5-10(17)13(23-2)6-14(12)24-3/h4-7H,1-3H3,(H2,18,19,21,22). The molecule has 2 amide bonds. The smallest absolute Gasteiger partial charge is 0.325 e. The van der Waals surface area contributed by atoms with Gasteiger partial charge in [-0.05, 0) is 13.0 Å². The van der Waals surface area contributed by atoms with E-state index >= 15 is 0 Å². The van der Waals surface area contributed by atoms with Gasteiger partial charge in [0, 0.05) is 12.1 Å². The van der Waals surface area contributed by atoms with Crippen molar-refractivity contribution < 1.29 is 23.3 Å². The van der Waals surface area contributed by atoms with Crippen LogP contribution >= 0.6 is 11.6 Å². The van der Waals surface area contributed by atoms with Crippen LogP contribution in [0.25, 0.3) is 11.3 Å². The highest BCUT2D eigenvalue weighted by molar-refractivity contribution is 6.32. The van der Waals surface area contributed by atoms with Crippen LogP contribution < -0.4 is 20.1 Å². The van der Waals surface area contributed by atoms with Crippen molar-refractivity contribution in [3.63, 3.8) is 0 Å². The first-order valence-corrected chi connectivity index (χ1v) is 7.77. The lowest BCUT2D eigenvalue weighted by molar-refractivity contribution is 0.261. The first-order chi connectivity index (χ1) is 12.5. The molecule has 9 nitrogen and oxygen atoms in total. The van der Waals surface area contributed by atoms with Gasteiger partial charge in [-0.2, -0.15) is 0 Å². The van der Waals surface area contributed by atoms with E-state index in [1.807, 2.05) is 0 Å². The summed E-state index contributed by atoms with van der Waals surface area (Å²) in [7, 11) is 2.95. The number of rotatable bonds is 5. The molecule has 0 saturated carbocycles. The molecule has 0 unspecified atom stereocenters. The maximum atomic E-state index is 12.3. The summed E-state index contributed by atoms with van der Waals surface area (Å²) >= 11 is 6.09. The van der Waals surface area contributed by atoms with Gasteiger partial charge in [0.1, 0.15) is 29.2 Å². The molecule has 0 atom stereocenters. The fourth-order valence-electron chi connectivity index (χ4n) is 2.22. The minimum atomic E-state index is -0.570. The van der Waals surface area contributed by atoms with Crippen molar-refractivity contribution in [1.82, 2.24) is 10.3 Å². The summed E-state index contributed by atoms with van der Waals surface area (Å²) in [5, 5.41) is 13.2. The van der Waals surface area contributed by atoms with Crippen LogP contribution in [0.2, 0.25) is 5.02 Å². The number of halogens is 1. The van der Waals surface area contributed by atoms with Gasteiger partial charge in [-0.15, -0.1) is 0 Å². The molecule has 136 valence electrons. The number of carbonyl (C=O) groups excluding carboxylic acids is 1. The van der Waals surface area contributed by atoms with E-state index in [0.717, 1.165) is 0 Å². The van der Waals surface area contributed by atoms with Gasteiger partial charge >= 0.3 is 6.03 Å². The lowest BCUT2D eigenvalue weighted by Gasteiger charge is -2.13. The number of urea groups is 1. The molecule has 1 aromatic carbocycles. The monoisotopic (exact) mass is 378 g/mol. The molecule has 10 heteroatoms. The predicted molar refractivity (Wildman–Crippen MR) is 93.9 cm³/mol. The maximum absolute atomic E-state index is 12.3. The number of aromatic nitrogens is 2. The quantitative estimate of drug-likeness (QED) is 0.691. The van der Waals surface area contributed by atoms with Crippen LogP contribution in [0, 0.1) is 6.92 Å². The van der Waals surface area contributed by atoms with Gasteiger partial charge in [-0.1, -0.05) is 21.9 Å². The molecule has 0 radical (unpaired) electrons. The summed E-state index contributed by atoms with van der Waals surface area (Å²) in [5.74, 6) is 1.62. The highest BCUT2D eigenvalue weighted by Gasteiger charge is 2.18. The largest absolute Gasteiger partial charge is 0.495 e. The summed E-state index contributed by atoms with van der Waals surface area (Å²) < 4.78 is 20.3. The third kappa shape index (κ3) is 3.57.